The fourth-order valence-corrected chi connectivity index (χ4v) is 1.78. The standard InChI is InChI=1S/C10H19NO/c1-2-10(12-7-1)8-11-6-5-9-3-4-9/h9-11H,1-8H2/t10-/m1/s1. The lowest BCUT2D eigenvalue weighted by molar-refractivity contribution is 0.110. The molecule has 70 valence electrons. The third-order valence-corrected chi connectivity index (χ3v) is 2.82. The van der Waals surface area contributed by atoms with Gasteiger partial charge in [0.2, 0.25) is 0 Å². The summed E-state index contributed by atoms with van der Waals surface area (Å²) < 4.78 is 5.51. The average molecular weight is 169 g/mol. The molecule has 1 aliphatic carbocycles. The summed E-state index contributed by atoms with van der Waals surface area (Å²) in [6.45, 7) is 3.26. The molecule has 1 heterocycles. The van der Waals surface area contributed by atoms with Crippen LogP contribution >= 0.6 is 0 Å². The maximum atomic E-state index is 5.51. The Hall–Kier alpha value is -0.0800. The minimum atomic E-state index is 0.518. The highest BCUT2D eigenvalue weighted by Gasteiger charge is 2.20. The molecule has 0 spiro atoms. The second-order valence-corrected chi connectivity index (χ2v) is 4.07. The molecule has 1 aliphatic heterocycles. The molecule has 0 aromatic rings. The van der Waals surface area contributed by atoms with Crippen LogP contribution in [0.25, 0.3) is 0 Å². The lowest BCUT2D eigenvalue weighted by atomic mass is 10.2. The molecule has 0 radical (unpaired) electrons. The van der Waals surface area contributed by atoms with Crippen molar-refractivity contribution >= 4 is 0 Å². The highest BCUT2D eigenvalue weighted by molar-refractivity contribution is 4.74. The summed E-state index contributed by atoms with van der Waals surface area (Å²) in [6, 6.07) is 0. The summed E-state index contributed by atoms with van der Waals surface area (Å²) in [4.78, 5) is 0. The van der Waals surface area contributed by atoms with Crippen molar-refractivity contribution in [1.29, 1.82) is 0 Å². The summed E-state index contributed by atoms with van der Waals surface area (Å²) in [5.41, 5.74) is 0. The molecular formula is C10H19NO. The smallest absolute Gasteiger partial charge is 0.0700 e. The SMILES string of the molecule is C1CO[C@@H](CNCCC2CC2)C1. The van der Waals surface area contributed by atoms with Gasteiger partial charge in [0.1, 0.15) is 0 Å². The predicted molar refractivity (Wildman–Crippen MR) is 49.2 cm³/mol. The molecule has 2 nitrogen and oxygen atoms in total. The Morgan fingerprint density at radius 1 is 1.25 bits per heavy atom. The second kappa shape index (κ2) is 4.24. The van der Waals surface area contributed by atoms with E-state index in [1.807, 2.05) is 0 Å². The Labute approximate surface area is 74.7 Å². The van der Waals surface area contributed by atoms with Gasteiger partial charge in [-0.25, -0.2) is 0 Å². The first-order valence-electron chi connectivity index (χ1n) is 5.27. The van der Waals surface area contributed by atoms with Gasteiger partial charge in [0, 0.05) is 13.2 Å². The fraction of sp³-hybridized carbons (Fsp3) is 1.00. The molecule has 0 amide bonds. The van der Waals surface area contributed by atoms with Crippen LogP contribution in [0.1, 0.15) is 32.1 Å². The van der Waals surface area contributed by atoms with E-state index in [0.29, 0.717) is 6.10 Å². The van der Waals surface area contributed by atoms with Crippen LogP contribution < -0.4 is 5.32 Å². The molecule has 0 aromatic heterocycles. The summed E-state index contributed by atoms with van der Waals surface area (Å²) in [5, 5.41) is 3.47. The number of rotatable bonds is 5. The normalized spacial score (nSPS) is 29.5. The zero-order chi connectivity index (χ0) is 8.23. The van der Waals surface area contributed by atoms with Gasteiger partial charge in [0.05, 0.1) is 6.10 Å². The number of ether oxygens (including phenoxy) is 1. The lowest BCUT2D eigenvalue weighted by Gasteiger charge is -2.09. The third kappa shape index (κ3) is 2.76. The summed E-state index contributed by atoms with van der Waals surface area (Å²) in [5.74, 6) is 1.06. The molecule has 0 unspecified atom stereocenters. The van der Waals surface area contributed by atoms with Crippen LogP contribution in [0.15, 0.2) is 0 Å². The van der Waals surface area contributed by atoms with E-state index in [4.69, 9.17) is 4.74 Å². The Balaban J connectivity index is 1.44. The molecule has 12 heavy (non-hydrogen) atoms. The maximum absolute atomic E-state index is 5.51. The monoisotopic (exact) mass is 169 g/mol. The Morgan fingerprint density at radius 3 is 2.83 bits per heavy atom. The van der Waals surface area contributed by atoms with Gasteiger partial charge >= 0.3 is 0 Å². The molecule has 1 saturated carbocycles. The quantitative estimate of drug-likeness (QED) is 0.631. The van der Waals surface area contributed by atoms with Crippen LogP contribution in [0.3, 0.4) is 0 Å². The van der Waals surface area contributed by atoms with Crippen LogP contribution in [0.2, 0.25) is 0 Å². The minimum absolute atomic E-state index is 0.518. The van der Waals surface area contributed by atoms with Crippen molar-refractivity contribution in [2.24, 2.45) is 5.92 Å². The third-order valence-electron chi connectivity index (χ3n) is 2.82. The maximum Gasteiger partial charge on any atom is 0.0700 e. The van der Waals surface area contributed by atoms with Crippen molar-refractivity contribution in [3.05, 3.63) is 0 Å². The molecule has 1 atom stereocenters. The van der Waals surface area contributed by atoms with Crippen molar-refractivity contribution in [2.45, 2.75) is 38.2 Å². The Bertz CT molecular complexity index is 128. The van der Waals surface area contributed by atoms with Gasteiger partial charge < -0.3 is 10.1 Å². The predicted octanol–water partition coefficient (Wildman–Crippen LogP) is 1.56. The zero-order valence-electron chi connectivity index (χ0n) is 7.72. The van der Waals surface area contributed by atoms with E-state index in [-0.39, 0.29) is 0 Å². The average Bonchev–Trinajstić information content (AvgIpc) is 2.76. The van der Waals surface area contributed by atoms with E-state index < -0.39 is 0 Å². The van der Waals surface area contributed by atoms with E-state index in [9.17, 15) is 0 Å². The van der Waals surface area contributed by atoms with Gasteiger partial charge in [0.25, 0.3) is 0 Å². The van der Waals surface area contributed by atoms with Crippen LogP contribution in [0.5, 0.6) is 0 Å². The fourth-order valence-electron chi connectivity index (χ4n) is 1.78. The Kier molecular flexibility index (Phi) is 3.01. The molecular weight excluding hydrogens is 150 g/mol. The van der Waals surface area contributed by atoms with Crippen LogP contribution in [-0.2, 0) is 4.74 Å². The molecule has 2 rings (SSSR count). The van der Waals surface area contributed by atoms with E-state index >= 15 is 0 Å². The molecule has 2 aliphatic rings. The van der Waals surface area contributed by atoms with Crippen molar-refractivity contribution in [3.63, 3.8) is 0 Å². The van der Waals surface area contributed by atoms with Gasteiger partial charge in [-0.3, -0.25) is 0 Å². The van der Waals surface area contributed by atoms with Gasteiger partial charge in [0.15, 0.2) is 0 Å². The van der Waals surface area contributed by atoms with E-state index in [1.54, 1.807) is 0 Å². The van der Waals surface area contributed by atoms with E-state index in [0.717, 1.165) is 19.1 Å². The minimum Gasteiger partial charge on any atom is -0.377 e. The van der Waals surface area contributed by atoms with Crippen LogP contribution in [0, 0.1) is 5.92 Å². The lowest BCUT2D eigenvalue weighted by Crippen LogP contribution is -2.27. The summed E-state index contributed by atoms with van der Waals surface area (Å²) >= 11 is 0. The highest BCUT2D eigenvalue weighted by Crippen LogP contribution is 2.31. The van der Waals surface area contributed by atoms with Gasteiger partial charge in [-0.15, -0.1) is 0 Å². The molecule has 0 bridgehead atoms. The van der Waals surface area contributed by atoms with Crippen LogP contribution in [0.4, 0.5) is 0 Å². The number of hydrogen-bond acceptors (Lipinski definition) is 2. The van der Waals surface area contributed by atoms with Crippen LogP contribution in [-0.4, -0.2) is 25.8 Å². The Morgan fingerprint density at radius 2 is 2.17 bits per heavy atom. The first kappa shape index (κ1) is 8.52. The number of hydrogen-bond donors (Lipinski definition) is 1. The van der Waals surface area contributed by atoms with Gasteiger partial charge in [-0.05, 0) is 31.7 Å². The number of nitrogens with one attached hydrogen (secondary N) is 1. The van der Waals surface area contributed by atoms with Crippen molar-refractivity contribution in [2.75, 3.05) is 19.7 Å². The topological polar surface area (TPSA) is 21.3 Å². The summed E-state index contributed by atoms with van der Waals surface area (Å²) in [7, 11) is 0. The van der Waals surface area contributed by atoms with Gasteiger partial charge in [-0.1, -0.05) is 12.8 Å². The molecule has 2 heteroatoms. The van der Waals surface area contributed by atoms with Crippen molar-refractivity contribution < 1.29 is 4.74 Å². The van der Waals surface area contributed by atoms with Crippen molar-refractivity contribution in [3.8, 4) is 0 Å². The van der Waals surface area contributed by atoms with E-state index in [1.165, 1.54) is 38.6 Å². The van der Waals surface area contributed by atoms with E-state index in [2.05, 4.69) is 5.32 Å². The molecule has 1 saturated heterocycles. The second-order valence-electron chi connectivity index (χ2n) is 4.07. The first-order valence-corrected chi connectivity index (χ1v) is 5.27. The van der Waals surface area contributed by atoms with Gasteiger partial charge in [-0.2, -0.15) is 0 Å². The zero-order valence-corrected chi connectivity index (χ0v) is 7.72. The molecule has 2 fully saturated rings. The molecule has 1 N–H and O–H groups in total. The first-order chi connectivity index (χ1) is 5.95. The highest BCUT2D eigenvalue weighted by atomic mass is 16.5. The summed E-state index contributed by atoms with van der Waals surface area (Å²) in [6.07, 6.45) is 7.37. The van der Waals surface area contributed by atoms with Crippen molar-refractivity contribution in [1.82, 2.24) is 5.32 Å². The molecule has 0 aromatic carbocycles. The largest absolute Gasteiger partial charge is 0.377 e.